The molecule has 0 aliphatic carbocycles. The summed E-state index contributed by atoms with van der Waals surface area (Å²) < 4.78 is 4.89. The number of carbonyl (C=O) groups excluding carboxylic acids is 1. The summed E-state index contributed by atoms with van der Waals surface area (Å²) in [6.07, 6.45) is 10.4. The highest BCUT2D eigenvalue weighted by atomic mass is 16.5. The number of hydrogen-bond donors (Lipinski definition) is 0. The largest absolute Gasteiger partial charge is 0.462 e. The zero-order valence-electron chi connectivity index (χ0n) is 13.3. The summed E-state index contributed by atoms with van der Waals surface area (Å²) in [5, 5.41) is 0. The third-order valence-corrected chi connectivity index (χ3v) is 3.20. The number of ether oxygens (including phenoxy) is 1. The van der Waals surface area contributed by atoms with Gasteiger partial charge in [-0.2, -0.15) is 0 Å². The van der Waals surface area contributed by atoms with Gasteiger partial charge in [0.25, 0.3) is 0 Å². The fraction of sp³-hybridized carbons (Fsp3) is 0.706. The second-order valence-corrected chi connectivity index (χ2v) is 5.71. The molecule has 19 heavy (non-hydrogen) atoms. The monoisotopic (exact) mass is 266 g/mol. The average molecular weight is 266 g/mol. The lowest BCUT2D eigenvalue weighted by Crippen LogP contribution is -1.98. The highest BCUT2D eigenvalue weighted by molar-refractivity contribution is 5.66. The molecule has 0 aromatic heterocycles. The van der Waals surface area contributed by atoms with Gasteiger partial charge in [0.1, 0.15) is 6.61 Å². The maximum Gasteiger partial charge on any atom is 0.302 e. The molecule has 0 saturated heterocycles. The van der Waals surface area contributed by atoms with Gasteiger partial charge in [0, 0.05) is 6.92 Å². The van der Waals surface area contributed by atoms with Crippen LogP contribution in [0.5, 0.6) is 0 Å². The summed E-state index contributed by atoms with van der Waals surface area (Å²) in [7, 11) is 0. The van der Waals surface area contributed by atoms with Crippen LogP contribution in [0.15, 0.2) is 23.3 Å². The van der Waals surface area contributed by atoms with Gasteiger partial charge >= 0.3 is 5.97 Å². The lowest BCUT2D eigenvalue weighted by molar-refractivity contribution is -0.139. The lowest BCUT2D eigenvalue weighted by Gasteiger charge is -2.10. The van der Waals surface area contributed by atoms with E-state index in [9.17, 15) is 4.79 Å². The van der Waals surface area contributed by atoms with Gasteiger partial charge in [-0.1, -0.05) is 30.6 Å². The van der Waals surface area contributed by atoms with E-state index in [4.69, 9.17) is 4.74 Å². The minimum absolute atomic E-state index is 0.211. The normalized spacial score (nSPS) is 13.0. The third kappa shape index (κ3) is 13.2. The second-order valence-electron chi connectivity index (χ2n) is 5.71. The molecule has 110 valence electrons. The molecule has 0 aliphatic heterocycles. The quantitative estimate of drug-likeness (QED) is 0.431. The Kier molecular flexibility index (Phi) is 10.2. The Labute approximate surface area is 118 Å². The van der Waals surface area contributed by atoms with Crippen molar-refractivity contribution in [3.05, 3.63) is 23.3 Å². The van der Waals surface area contributed by atoms with E-state index in [-0.39, 0.29) is 5.97 Å². The van der Waals surface area contributed by atoms with E-state index >= 15 is 0 Å². The zero-order valence-corrected chi connectivity index (χ0v) is 13.3. The van der Waals surface area contributed by atoms with Crippen LogP contribution in [-0.4, -0.2) is 12.6 Å². The van der Waals surface area contributed by atoms with Crippen LogP contribution in [-0.2, 0) is 9.53 Å². The first kappa shape index (κ1) is 17.9. The zero-order chi connectivity index (χ0) is 14.7. The Morgan fingerprint density at radius 2 is 1.79 bits per heavy atom. The number of hydrogen-bond acceptors (Lipinski definition) is 2. The molecule has 2 heteroatoms. The van der Waals surface area contributed by atoms with Crippen molar-refractivity contribution < 1.29 is 9.53 Å². The molecular formula is C17H30O2. The van der Waals surface area contributed by atoms with E-state index in [2.05, 4.69) is 33.8 Å². The fourth-order valence-electron chi connectivity index (χ4n) is 1.93. The summed E-state index contributed by atoms with van der Waals surface area (Å²) in [5.74, 6) is 0.578. The first-order valence-electron chi connectivity index (χ1n) is 7.34. The van der Waals surface area contributed by atoms with Crippen molar-refractivity contribution in [1.29, 1.82) is 0 Å². The summed E-state index contributed by atoms with van der Waals surface area (Å²) in [4.78, 5) is 10.6. The van der Waals surface area contributed by atoms with Crippen molar-refractivity contribution in [3.63, 3.8) is 0 Å². The molecule has 2 nitrogen and oxygen atoms in total. The Morgan fingerprint density at radius 3 is 2.37 bits per heavy atom. The Morgan fingerprint density at radius 1 is 1.11 bits per heavy atom. The van der Waals surface area contributed by atoms with Gasteiger partial charge in [-0.05, 0) is 58.4 Å². The van der Waals surface area contributed by atoms with Gasteiger partial charge in [0.15, 0.2) is 0 Å². The van der Waals surface area contributed by atoms with Crippen molar-refractivity contribution in [2.24, 2.45) is 5.92 Å². The van der Waals surface area contributed by atoms with E-state index < -0.39 is 0 Å². The Balaban J connectivity index is 3.65. The van der Waals surface area contributed by atoms with E-state index in [1.165, 1.54) is 43.8 Å². The molecular weight excluding hydrogens is 236 g/mol. The van der Waals surface area contributed by atoms with E-state index in [0.717, 1.165) is 12.3 Å². The van der Waals surface area contributed by atoms with Gasteiger partial charge in [-0.15, -0.1) is 0 Å². The summed E-state index contributed by atoms with van der Waals surface area (Å²) >= 11 is 0. The van der Waals surface area contributed by atoms with Gasteiger partial charge in [-0.25, -0.2) is 0 Å². The van der Waals surface area contributed by atoms with Crippen LogP contribution in [0, 0.1) is 5.92 Å². The van der Waals surface area contributed by atoms with E-state index in [0.29, 0.717) is 6.61 Å². The van der Waals surface area contributed by atoms with Crippen LogP contribution in [0.1, 0.15) is 66.7 Å². The molecule has 0 amide bonds. The van der Waals surface area contributed by atoms with Crippen LogP contribution < -0.4 is 0 Å². The van der Waals surface area contributed by atoms with E-state index in [1.54, 1.807) is 0 Å². The third-order valence-electron chi connectivity index (χ3n) is 3.20. The highest BCUT2D eigenvalue weighted by Crippen LogP contribution is 2.17. The van der Waals surface area contributed by atoms with Crippen LogP contribution in [0.25, 0.3) is 0 Å². The molecule has 0 aromatic carbocycles. The van der Waals surface area contributed by atoms with Crippen LogP contribution in [0.2, 0.25) is 0 Å². The Hall–Kier alpha value is -1.05. The van der Waals surface area contributed by atoms with Gasteiger partial charge < -0.3 is 4.74 Å². The summed E-state index contributed by atoms with van der Waals surface area (Å²) in [5.41, 5.74) is 2.73. The first-order valence-corrected chi connectivity index (χ1v) is 7.34. The molecule has 0 aliphatic rings. The number of allylic oxidation sites excluding steroid dienone is 3. The molecule has 0 saturated carbocycles. The molecule has 0 radical (unpaired) electrons. The van der Waals surface area contributed by atoms with Crippen molar-refractivity contribution in [2.75, 3.05) is 6.61 Å². The van der Waals surface area contributed by atoms with Crippen molar-refractivity contribution in [2.45, 2.75) is 66.7 Å². The van der Waals surface area contributed by atoms with Gasteiger partial charge in [0.2, 0.25) is 0 Å². The molecule has 0 aromatic rings. The standard InChI is InChI=1S/C17H30O2/c1-14(2)8-6-9-15(3)10-7-11-16(4)12-13-19-17(5)18/h8,12,15H,6-7,9-11,13H2,1-5H3/b16-12-. The molecule has 0 N–H and O–H groups in total. The number of rotatable bonds is 9. The summed E-state index contributed by atoms with van der Waals surface area (Å²) in [6, 6.07) is 0. The van der Waals surface area contributed by atoms with E-state index in [1.807, 2.05) is 6.08 Å². The molecule has 0 spiro atoms. The summed E-state index contributed by atoms with van der Waals surface area (Å²) in [6.45, 7) is 10.6. The molecule has 0 fully saturated rings. The topological polar surface area (TPSA) is 26.3 Å². The maximum absolute atomic E-state index is 10.6. The Bertz CT molecular complexity index is 309. The second kappa shape index (κ2) is 10.8. The number of esters is 1. The fourth-order valence-corrected chi connectivity index (χ4v) is 1.93. The lowest BCUT2D eigenvalue weighted by atomic mass is 9.97. The highest BCUT2D eigenvalue weighted by Gasteiger charge is 2.01. The maximum atomic E-state index is 10.6. The van der Waals surface area contributed by atoms with Crippen LogP contribution in [0.3, 0.4) is 0 Å². The smallest absolute Gasteiger partial charge is 0.302 e. The van der Waals surface area contributed by atoms with Crippen molar-refractivity contribution >= 4 is 5.97 Å². The minimum atomic E-state index is -0.211. The van der Waals surface area contributed by atoms with Crippen molar-refractivity contribution in [1.82, 2.24) is 0 Å². The SMILES string of the molecule is CC(=O)OC/C=C(/C)CCCC(C)CCC=C(C)C. The predicted octanol–water partition coefficient (Wildman–Crippen LogP) is 5.05. The molecule has 0 rings (SSSR count). The molecule has 1 unspecified atom stereocenters. The van der Waals surface area contributed by atoms with Crippen molar-refractivity contribution in [3.8, 4) is 0 Å². The molecule has 0 bridgehead atoms. The predicted molar refractivity (Wildman–Crippen MR) is 82.1 cm³/mol. The first-order chi connectivity index (χ1) is 8.91. The molecule has 1 atom stereocenters. The van der Waals surface area contributed by atoms with Gasteiger partial charge in [-0.3, -0.25) is 4.79 Å². The van der Waals surface area contributed by atoms with Crippen LogP contribution >= 0.6 is 0 Å². The van der Waals surface area contributed by atoms with Gasteiger partial charge in [0.05, 0.1) is 0 Å². The average Bonchev–Trinajstić information content (AvgIpc) is 2.27. The van der Waals surface area contributed by atoms with Crippen LogP contribution in [0.4, 0.5) is 0 Å². The minimum Gasteiger partial charge on any atom is -0.462 e. The molecule has 0 heterocycles. The number of carbonyl (C=O) groups is 1.